The second-order valence-electron chi connectivity index (χ2n) is 5.18. The summed E-state index contributed by atoms with van der Waals surface area (Å²) in [5.74, 6) is -1.44. The number of piperidine rings is 1. The van der Waals surface area contributed by atoms with Gasteiger partial charge in [0.05, 0.1) is 0 Å². The molecule has 1 atom stereocenters. The fourth-order valence-electron chi connectivity index (χ4n) is 2.46. The zero-order valence-corrected chi connectivity index (χ0v) is 13.3. The van der Waals surface area contributed by atoms with Gasteiger partial charge in [-0.2, -0.15) is 4.31 Å². The minimum absolute atomic E-state index is 0. The summed E-state index contributed by atoms with van der Waals surface area (Å²) in [6.45, 7) is 2.45. The van der Waals surface area contributed by atoms with Crippen LogP contribution in [0.1, 0.15) is 19.8 Å². The Labute approximate surface area is 129 Å². The molecule has 120 valence electrons. The molecule has 1 aliphatic rings. The van der Waals surface area contributed by atoms with Crippen LogP contribution in [0.25, 0.3) is 0 Å². The second kappa shape index (κ2) is 7.00. The molecule has 2 rings (SSSR count). The van der Waals surface area contributed by atoms with Crippen LogP contribution in [-0.4, -0.2) is 31.9 Å². The van der Waals surface area contributed by atoms with Gasteiger partial charge >= 0.3 is 0 Å². The molecular weight excluding hydrogens is 322 g/mol. The molecule has 0 bridgehead atoms. The zero-order chi connectivity index (χ0) is 14.9. The van der Waals surface area contributed by atoms with Crippen LogP contribution in [0.4, 0.5) is 8.78 Å². The van der Waals surface area contributed by atoms with E-state index < -0.39 is 26.6 Å². The number of nitrogens with zero attached hydrogens (tertiary/aromatic N) is 1. The molecule has 8 heteroatoms. The standard InChI is InChI=1S/C13H18F2N2O2S.ClH/c1-9(16)10-4-6-17(7-5-10)20(18,19)13-8-11(14)2-3-12(13)15;/h2-3,8-10H,4-7,16H2,1H3;1H. The van der Waals surface area contributed by atoms with E-state index in [-0.39, 0.29) is 37.5 Å². The minimum Gasteiger partial charge on any atom is -0.328 e. The lowest BCUT2D eigenvalue weighted by Crippen LogP contribution is -2.42. The number of benzene rings is 1. The van der Waals surface area contributed by atoms with Crippen molar-refractivity contribution < 1.29 is 17.2 Å². The molecule has 4 nitrogen and oxygen atoms in total. The van der Waals surface area contributed by atoms with Crippen molar-refractivity contribution in [2.75, 3.05) is 13.1 Å². The van der Waals surface area contributed by atoms with Crippen LogP contribution >= 0.6 is 12.4 Å². The zero-order valence-electron chi connectivity index (χ0n) is 11.6. The summed E-state index contributed by atoms with van der Waals surface area (Å²) in [6.07, 6.45) is 1.27. The molecule has 21 heavy (non-hydrogen) atoms. The van der Waals surface area contributed by atoms with Gasteiger partial charge in [-0.1, -0.05) is 0 Å². The number of halogens is 3. The van der Waals surface area contributed by atoms with Crippen molar-refractivity contribution in [2.24, 2.45) is 11.7 Å². The number of rotatable bonds is 3. The van der Waals surface area contributed by atoms with E-state index in [1.807, 2.05) is 6.92 Å². The predicted octanol–water partition coefficient (Wildman–Crippen LogP) is 2.13. The molecule has 1 aromatic rings. The van der Waals surface area contributed by atoms with E-state index in [4.69, 9.17) is 5.73 Å². The highest BCUT2D eigenvalue weighted by Gasteiger charge is 2.32. The van der Waals surface area contributed by atoms with Gasteiger partial charge in [-0.25, -0.2) is 17.2 Å². The maximum absolute atomic E-state index is 13.6. The quantitative estimate of drug-likeness (QED) is 0.916. The van der Waals surface area contributed by atoms with Crippen LogP contribution in [0, 0.1) is 17.6 Å². The summed E-state index contributed by atoms with van der Waals surface area (Å²) in [5.41, 5.74) is 5.80. The van der Waals surface area contributed by atoms with E-state index in [0.717, 1.165) is 18.2 Å². The summed E-state index contributed by atoms with van der Waals surface area (Å²) in [4.78, 5) is -0.600. The average molecular weight is 341 g/mol. The van der Waals surface area contributed by atoms with Gasteiger partial charge in [-0.3, -0.25) is 0 Å². The summed E-state index contributed by atoms with van der Waals surface area (Å²) in [7, 11) is -3.99. The average Bonchev–Trinajstić information content (AvgIpc) is 2.41. The third kappa shape index (κ3) is 3.91. The van der Waals surface area contributed by atoms with E-state index in [1.165, 1.54) is 4.31 Å². The topological polar surface area (TPSA) is 63.4 Å². The van der Waals surface area contributed by atoms with E-state index >= 15 is 0 Å². The molecule has 1 aromatic carbocycles. The summed E-state index contributed by atoms with van der Waals surface area (Å²) in [5, 5.41) is 0. The molecule has 1 heterocycles. The smallest absolute Gasteiger partial charge is 0.246 e. The summed E-state index contributed by atoms with van der Waals surface area (Å²) in [6, 6.07) is 2.46. The van der Waals surface area contributed by atoms with E-state index in [2.05, 4.69) is 0 Å². The fraction of sp³-hybridized carbons (Fsp3) is 0.538. The molecule has 1 saturated heterocycles. The van der Waals surface area contributed by atoms with Crippen LogP contribution in [0.15, 0.2) is 23.1 Å². The number of sulfonamides is 1. The van der Waals surface area contributed by atoms with Crippen molar-refractivity contribution in [2.45, 2.75) is 30.7 Å². The van der Waals surface area contributed by atoms with Crippen molar-refractivity contribution in [1.29, 1.82) is 0 Å². The highest BCUT2D eigenvalue weighted by molar-refractivity contribution is 7.89. The van der Waals surface area contributed by atoms with Gasteiger partial charge < -0.3 is 5.73 Å². The Morgan fingerprint density at radius 2 is 1.86 bits per heavy atom. The van der Waals surface area contributed by atoms with Gasteiger partial charge in [-0.15, -0.1) is 12.4 Å². The van der Waals surface area contributed by atoms with Crippen LogP contribution < -0.4 is 5.73 Å². The molecule has 1 unspecified atom stereocenters. The minimum atomic E-state index is -3.99. The van der Waals surface area contributed by atoms with Gasteiger partial charge in [0.15, 0.2) is 0 Å². The predicted molar refractivity (Wildman–Crippen MR) is 78.7 cm³/mol. The van der Waals surface area contributed by atoms with Gasteiger partial charge in [-0.05, 0) is 43.9 Å². The molecule has 0 saturated carbocycles. The normalized spacial score (nSPS) is 19.0. The largest absolute Gasteiger partial charge is 0.328 e. The first-order valence-electron chi connectivity index (χ1n) is 6.53. The third-order valence-electron chi connectivity index (χ3n) is 3.75. The Morgan fingerprint density at radius 1 is 1.29 bits per heavy atom. The van der Waals surface area contributed by atoms with Gasteiger partial charge in [0, 0.05) is 19.1 Å². The molecule has 0 aliphatic carbocycles. The van der Waals surface area contributed by atoms with Crippen molar-refractivity contribution in [3.63, 3.8) is 0 Å². The van der Waals surface area contributed by atoms with Crippen molar-refractivity contribution >= 4 is 22.4 Å². The molecule has 0 radical (unpaired) electrons. The molecule has 1 aliphatic heterocycles. The molecule has 0 aromatic heterocycles. The lowest BCUT2D eigenvalue weighted by atomic mass is 9.92. The maximum Gasteiger partial charge on any atom is 0.246 e. The molecule has 0 amide bonds. The fourth-order valence-corrected chi connectivity index (χ4v) is 4.00. The number of nitrogens with two attached hydrogens (primary N) is 1. The third-order valence-corrected chi connectivity index (χ3v) is 5.67. The first kappa shape index (κ1) is 18.3. The highest BCUT2D eigenvalue weighted by Crippen LogP contribution is 2.26. The SMILES string of the molecule is CC(N)C1CCN(S(=O)(=O)c2cc(F)ccc2F)CC1.Cl. The van der Waals surface area contributed by atoms with E-state index in [1.54, 1.807) is 0 Å². The number of hydrogen-bond acceptors (Lipinski definition) is 3. The monoisotopic (exact) mass is 340 g/mol. The van der Waals surface area contributed by atoms with Gasteiger partial charge in [0.25, 0.3) is 0 Å². The lowest BCUT2D eigenvalue weighted by molar-refractivity contribution is 0.250. The second-order valence-corrected chi connectivity index (χ2v) is 7.08. The molecule has 1 fully saturated rings. The van der Waals surface area contributed by atoms with Crippen LogP contribution in [0.5, 0.6) is 0 Å². The van der Waals surface area contributed by atoms with Crippen LogP contribution in [0.2, 0.25) is 0 Å². The Kier molecular flexibility index (Phi) is 6.10. The van der Waals surface area contributed by atoms with Crippen LogP contribution in [-0.2, 0) is 10.0 Å². The van der Waals surface area contributed by atoms with Crippen LogP contribution in [0.3, 0.4) is 0 Å². The van der Waals surface area contributed by atoms with Crippen molar-refractivity contribution in [3.05, 3.63) is 29.8 Å². The summed E-state index contributed by atoms with van der Waals surface area (Å²) < 4.78 is 52.6. The maximum atomic E-state index is 13.6. The Hall–Kier alpha value is -0.760. The first-order valence-corrected chi connectivity index (χ1v) is 7.97. The van der Waals surface area contributed by atoms with Gasteiger partial charge in [0.2, 0.25) is 10.0 Å². The van der Waals surface area contributed by atoms with E-state index in [9.17, 15) is 17.2 Å². The Morgan fingerprint density at radius 3 is 2.38 bits per heavy atom. The Balaban J connectivity index is 0.00000220. The van der Waals surface area contributed by atoms with Crippen molar-refractivity contribution in [1.82, 2.24) is 4.31 Å². The Bertz CT molecular complexity index is 588. The number of hydrogen-bond donors (Lipinski definition) is 1. The summed E-state index contributed by atoms with van der Waals surface area (Å²) >= 11 is 0. The van der Waals surface area contributed by atoms with Gasteiger partial charge in [0.1, 0.15) is 16.5 Å². The van der Waals surface area contributed by atoms with E-state index in [0.29, 0.717) is 12.8 Å². The highest BCUT2D eigenvalue weighted by atomic mass is 35.5. The molecule has 0 spiro atoms. The lowest BCUT2D eigenvalue weighted by Gasteiger charge is -2.32. The molecular formula is C13H19ClF2N2O2S. The molecule has 2 N–H and O–H groups in total. The van der Waals surface area contributed by atoms with Crippen molar-refractivity contribution in [3.8, 4) is 0 Å². The first-order chi connectivity index (χ1) is 9.32.